The fourth-order valence-electron chi connectivity index (χ4n) is 3.17. The molecule has 3 atom stereocenters. The highest BCUT2D eigenvalue weighted by Gasteiger charge is 2.27. The zero-order chi connectivity index (χ0) is 13.8. The molecular weight excluding hydrogens is 238 g/mol. The summed E-state index contributed by atoms with van der Waals surface area (Å²) >= 11 is 0. The molecule has 0 amide bonds. The largest absolute Gasteiger partial charge is 0.481 e. The lowest BCUT2D eigenvalue weighted by molar-refractivity contribution is 0.0982. The average molecular weight is 263 g/mol. The van der Waals surface area contributed by atoms with Crippen LogP contribution in [0.1, 0.15) is 31.9 Å². The molecule has 1 aromatic rings. The molecule has 4 heteroatoms. The molecule has 2 N–H and O–H groups in total. The van der Waals surface area contributed by atoms with E-state index in [0.717, 1.165) is 24.9 Å². The number of hydrogen-bond acceptors (Lipinski definition) is 4. The molecule has 0 bridgehead atoms. The predicted octanol–water partition coefficient (Wildman–Crippen LogP) is 2.07. The van der Waals surface area contributed by atoms with E-state index in [4.69, 9.17) is 10.5 Å². The van der Waals surface area contributed by atoms with E-state index in [1.807, 2.05) is 12.3 Å². The topological polar surface area (TPSA) is 51.4 Å². The normalized spacial score (nSPS) is 26.1. The highest BCUT2D eigenvalue weighted by molar-refractivity contribution is 5.21. The molecular formula is C15H25N3O. The molecule has 1 saturated heterocycles. The van der Waals surface area contributed by atoms with Gasteiger partial charge in [-0.2, -0.15) is 0 Å². The van der Waals surface area contributed by atoms with Gasteiger partial charge in [0.2, 0.25) is 5.88 Å². The molecule has 3 unspecified atom stereocenters. The minimum absolute atomic E-state index is 0.267. The van der Waals surface area contributed by atoms with Crippen molar-refractivity contribution in [2.45, 2.75) is 26.3 Å². The summed E-state index contributed by atoms with van der Waals surface area (Å²) in [5.74, 6) is 2.13. The Morgan fingerprint density at radius 3 is 2.53 bits per heavy atom. The van der Waals surface area contributed by atoms with Gasteiger partial charge in [-0.1, -0.05) is 19.9 Å². The smallest absolute Gasteiger partial charge is 0.212 e. The molecule has 0 aromatic carbocycles. The number of rotatable bonds is 4. The number of aromatic nitrogens is 1. The van der Waals surface area contributed by atoms with E-state index in [1.165, 1.54) is 12.0 Å². The van der Waals surface area contributed by atoms with Crippen LogP contribution < -0.4 is 10.5 Å². The summed E-state index contributed by atoms with van der Waals surface area (Å²) in [5.41, 5.74) is 7.18. The van der Waals surface area contributed by atoms with Crippen LogP contribution in [0.3, 0.4) is 0 Å². The Hall–Kier alpha value is -1.13. The Morgan fingerprint density at radius 1 is 1.37 bits per heavy atom. The summed E-state index contributed by atoms with van der Waals surface area (Å²) in [6.07, 6.45) is 3.20. The first kappa shape index (κ1) is 14.3. The second-order valence-corrected chi connectivity index (χ2v) is 5.79. The number of nitrogens with two attached hydrogens (primary N) is 1. The van der Waals surface area contributed by atoms with Gasteiger partial charge in [0.25, 0.3) is 0 Å². The maximum absolute atomic E-state index is 6.00. The minimum atomic E-state index is 0.267. The molecule has 0 saturated carbocycles. The van der Waals surface area contributed by atoms with Gasteiger partial charge in [-0.05, 0) is 23.8 Å². The Labute approximate surface area is 116 Å². The molecule has 2 rings (SSSR count). The van der Waals surface area contributed by atoms with Gasteiger partial charge in [0, 0.05) is 37.9 Å². The van der Waals surface area contributed by atoms with Crippen LogP contribution in [0.25, 0.3) is 0 Å². The molecule has 1 aromatic heterocycles. The number of hydrogen-bond donors (Lipinski definition) is 1. The molecule has 0 aliphatic carbocycles. The zero-order valence-electron chi connectivity index (χ0n) is 12.2. The molecule has 1 aliphatic heterocycles. The SMILES string of the molecule is COc1ccc(C(CN)N2CC(C)CC(C)C2)cn1. The van der Waals surface area contributed by atoms with Crippen LogP contribution in [0.15, 0.2) is 18.3 Å². The summed E-state index contributed by atoms with van der Waals surface area (Å²) in [7, 11) is 1.64. The monoisotopic (exact) mass is 263 g/mol. The molecule has 2 heterocycles. The number of pyridine rings is 1. The number of piperidine rings is 1. The maximum Gasteiger partial charge on any atom is 0.212 e. The molecule has 1 aliphatic rings. The summed E-state index contributed by atoms with van der Waals surface area (Å²) in [6, 6.07) is 4.26. The van der Waals surface area contributed by atoms with E-state index in [1.54, 1.807) is 7.11 Å². The summed E-state index contributed by atoms with van der Waals surface area (Å²) in [5, 5.41) is 0. The first-order chi connectivity index (χ1) is 9.13. The third-order valence-electron chi connectivity index (χ3n) is 3.91. The van der Waals surface area contributed by atoms with E-state index in [0.29, 0.717) is 12.4 Å². The predicted molar refractivity (Wildman–Crippen MR) is 77.1 cm³/mol. The van der Waals surface area contributed by atoms with Crippen molar-refractivity contribution in [3.63, 3.8) is 0 Å². The third kappa shape index (κ3) is 3.45. The van der Waals surface area contributed by atoms with Crippen molar-refractivity contribution < 1.29 is 4.74 Å². The Bertz CT molecular complexity index is 383. The maximum atomic E-state index is 6.00. The summed E-state index contributed by atoms with van der Waals surface area (Å²) in [6.45, 7) is 7.52. The van der Waals surface area contributed by atoms with E-state index in [2.05, 4.69) is 29.8 Å². The van der Waals surface area contributed by atoms with Crippen LogP contribution in [-0.4, -0.2) is 36.6 Å². The second kappa shape index (κ2) is 6.35. The van der Waals surface area contributed by atoms with Gasteiger partial charge in [-0.15, -0.1) is 0 Å². The number of ether oxygens (including phenoxy) is 1. The summed E-state index contributed by atoms with van der Waals surface area (Å²) < 4.78 is 5.11. The van der Waals surface area contributed by atoms with Gasteiger partial charge in [0.05, 0.1) is 7.11 Å². The first-order valence-electron chi connectivity index (χ1n) is 7.08. The Morgan fingerprint density at radius 2 is 2.05 bits per heavy atom. The van der Waals surface area contributed by atoms with E-state index in [9.17, 15) is 0 Å². The van der Waals surface area contributed by atoms with Gasteiger partial charge < -0.3 is 10.5 Å². The second-order valence-electron chi connectivity index (χ2n) is 5.79. The van der Waals surface area contributed by atoms with Crippen LogP contribution in [-0.2, 0) is 0 Å². The van der Waals surface area contributed by atoms with E-state index in [-0.39, 0.29) is 6.04 Å². The van der Waals surface area contributed by atoms with Crippen molar-refractivity contribution in [3.8, 4) is 5.88 Å². The molecule has 4 nitrogen and oxygen atoms in total. The zero-order valence-corrected chi connectivity index (χ0v) is 12.2. The Kier molecular flexibility index (Phi) is 4.77. The van der Waals surface area contributed by atoms with Crippen molar-refractivity contribution in [2.75, 3.05) is 26.7 Å². The highest BCUT2D eigenvalue weighted by Crippen LogP contribution is 2.28. The lowest BCUT2D eigenvalue weighted by Gasteiger charge is -2.39. The van der Waals surface area contributed by atoms with Gasteiger partial charge >= 0.3 is 0 Å². The first-order valence-corrected chi connectivity index (χ1v) is 7.08. The van der Waals surface area contributed by atoms with Crippen molar-refractivity contribution in [3.05, 3.63) is 23.9 Å². The van der Waals surface area contributed by atoms with Gasteiger partial charge in [0.1, 0.15) is 0 Å². The lowest BCUT2D eigenvalue weighted by atomic mass is 9.90. The third-order valence-corrected chi connectivity index (χ3v) is 3.91. The number of likely N-dealkylation sites (tertiary alicyclic amines) is 1. The highest BCUT2D eigenvalue weighted by atomic mass is 16.5. The minimum Gasteiger partial charge on any atom is -0.481 e. The summed E-state index contributed by atoms with van der Waals surface area (Å²) in [4.78, 5) is 6.80. The fourth-order valence-corrected chi connectivity index (χ4v) is 3.17. The molecule has 106 valence electrons. The van der Waals surface area contributed by atoms with Gasteiger partial charge in [-0.3, -0.25) is 4.90 Å². The molecule has 1 fully saturated rings. The van der Waals surface area contributed by atoms with Crippen LogP contribution >= 0.6 is 0 Å². The van der Waals surface area contributed by atoms with Crippen molar-refractivity contribution in [2.24, 2.45) is 17.6 Å². The van der Waals surface area contributed by atoms with Crippen LogP contribution in [0, 0.1) is 11.8 Å². The lowest BCUT2D eigenvalue weighted by Crippen LogP contribution is -2.43. The molecule has 0 radical (unpaired) electrons. The quantitative estimate of drug-likeness (QED) is 0.903. The van der Waals surface area contributed by atoms with Gasteiger partial charge in [0.15, 0.2) is 0 Å². The van der Waals surface area contributed by atoms with Crippen molar-refractivity contribution in [1.82, 2.24) is 9.88 Å². The average Bonchev–Trinajstić information content (AvgIpc) is 2.39. The standard InChI is InChI=1S/C15H25N3O/c1-11-6-12(2)10-18(9-11)14(7-16)13-4-5-15(19-3)17-8-13/h4-5,8,11-12,14H,6-7,9-10,16H2,1-3H3. The van der Waals surface area contributed by atoms with E-state index >= 15 is 0 Å². The number of nitrogens with zero attached hydrogens (tertiary/aromatic N) is 2. The Balaban J connectivity index is 2.13. The molecule has 19 heavy (non-hydrogen) atoms. The molecule has 0 spiro atoms. The van der Waals surface area contributed by atoms with Crippen LogP contribution in [0.4, 0.5) is 0 Å². The van der Waals surface area contributed by atoms with E-state index < -0.39 is 0 Å². The van der Waals surface area contributed by atoms with Crippen LogP contribution in [0.2, 0.25) is 0 Å². The van der Waals surface area contributed by atoms with Crippen molar-refractivity contribution >= 4 is 0 Å². The van der Waals surface area contributed by atoms with Crippen LogP contribution in [0.5, 0.6) is 5.88 Å². The number of methoxy groups -OCH3 is 1. The fraction of sp³-hybridized carbons (Fsp3) is 0.667. The van der Waals surface area contributed by atoms with Crippen molar-refractivity contribution in [1.29, 1.82) is 0 Å². The van der Waals surface area contributed by atoms with Gasteiger partial charge in [-0.25, -0.2) is 4.98 Å².